The molecule has 18 heavy (non-hydrogen) atoms. The van der Waals surface area contributed by atoms with Crippen LogP contribution >= 0.6 is 0 Å². The fraction of sp³-hybridized carbons (Fsp3) is 0.818. The van der Waals surface area contributed by atoms with Crippen molar-refractivity contribution in [2.24, 2.45) is 11.8 Å². The Morgan fingerprint density at radius 3 is 2.11 bits per heavy atom. The average Bonchev–Trinajstić information content (AvgIpc) is 2.90. The predicted molar refractivity (Wildman–Crippen MR) is 61.3 cm³/mol. The SMILES string of the molecule is CS(=O)(=O)CCN1C(=O)[C@@H]2[C@@H](C1=O)[C@@H]1CC[C@@H]2O1. The Kier molecular flexibility index (Phi) is 2.54. The number of nitrogens with zero attached hydrogens (tertiary/aromatic N) is 1. The van der Waals surface area contributed by atoms with Crippen LogP contribution in [-0.2, 0) is 24.2 Å². The number of amides is 2. The highest BCUT2D eigenvalue weighted by Gasteiger charge is 2.62. The van der Waals surface area contributed by atoms with Crippen molar-refractivity contribution in [1.82, 2.24) is 4.90 Å². The molecule has 7 heteroatoms. The first-order valence-electron chi connectivity index (χ1n) is 6.07. The molecule has 100 valence electrons. The molecule has 3 rings (SSSR count). The lowest BCUT2D eigenvalue weighted by Crippen LogP contribution is -2.37. The minimum absolute atomic E-state index is 0.0249. The molecular weight excluding hydrogens is 258 g/mol. The molecule has 6 nitrogen and oxygen atoms in total. The van der Waals surface area contributed by atoms with Crippen molar-refractivity contribution in [1.29, 1.82) is 0 Å². The minimum atomic E-state index is -3.17. The van der Waals surface area contributed by atoms with Crippen molar-refractivity contribution >= 4 is 21.7 Å². The van der Waals surface area contributed by atoms with Crippen LogP contribution in [0, 0.1) is 11.8 Å². The Balaban J connectivity index is 1.78. The summed E-state index contributed by atoms with van der Waals surface area (Å²) < 4.78 is 27.8. The van der Waals surface area contributed by atoms with Crippen molar-refractivity contribution < 1.29 is 22.7 Å². The van der Waals surface area contributed by atoms with Gasteiger partial charge in [0.05, 0.1) is 29.8 Å². The highest BCUT2D eigenvalue weighted by atomic mass is 32.2. The van der Waals surface area contributed by atoms with Gasteiger partial charge in [-0.15, -0.1) is 0 Å². The number of imide groups is 1. The summed E-state index contributed by atoms with van der Waals surface area (Å²) in [5, 5.41) is 0. The molecule has 0 radical (unpaired) electrons. The van der Waals surface area contributed by atoms with Gasteiger partial charge in [0.2, 0.25) is 11.8 Å². The van der Waals surface area contributed by atoms with Crippen LogP contribution in [0.3, 0.4) is 0 Å². The van der Waals surface area contributed by atoms with Crippen LogP contribution in [0.25, 0.3) is 0 Å². The monoisotopic (exact) mass is 273 g/mol. The first-order valence-corrected chi connectivity index (χ1v) is 8.13. The second-order valence-electron chi connectivity index (χ2n) is 5.30. The molecule has 3 aliphatic heterocycles. The summed E-state index contributed by atoms with van der Waals surface area (Å²) >= 11 is 0. The molecule has 3 fully saturated rings. The highest BCUT2D eigenvalue weighted by molar-refractivity contribution is 7.90. The van der Waals surface area contributed by atoms with E-state index in [1.807, 2.05) is 0 Å². The predicted octanol–water partition coefficient (Wildman–Crippen LogP) is -0.807. The smallest absolute Gasteiger partial charge is 0.235 e. The van der Waals surface area contributed by atoms with Crippen molar-refractivity contribution in [2.75, 3.05) is 18.6 Å². The van der Waals surface area contributed by atoms with Gasteiger partial charge >= 0.3 is 0 Å². The second-order valence-corrected chi connectivity index (χ2v) is 7.56. The normalized spacial score (nSPS) is 38.6. The van der Waals surface area contributed by atoms with Crippen LogP contribution in [0.4, 0.5) is 0 Å². The van der Waals surface area contributed by atoms with Gasteiger partial charge in [-0.2, -0.15) is 0 Å². The topological polar surface area (TPSA) is 80.8 Å². The van der Waals surface area contributed by atoms with E-state index in [0.29, 0.717) is 0 Å². The first kappa shape index (κ1) is 12.1. The first-order chi connectivity index (χ1) is 8.38. The van der Waals surface area contributed by atoms with Crippen molar-refractivity contribution in [3.05, 3.63) is 0 Å². The summed E-state index contributed by atoms with van der Waals surface area (Å²) in [5.41, 5.74) is 0. The second kappa shape index (κ2) is 3.77. The maximum atomic E-state index is 12.1. The Bertz CT molecular complexity index is 486. The van der Waals surface area contributed by atoms with E-state index in [-0.39, 0.29) is 48.2 Å². The van der Waals surface area contributed by atoms with Crippen LogP contribution < -0.4 is 0 Å². The van der Waals surface area contributed by atoms with Crippen LogP contribution in [0.5, 0.6) is 0 Å². The van der Waals surface area contributed by atoms with Gasteiger partial charge in [0.25, 0.3) is 0 Å². The van der Waals surface area contributed by atoms with Crippen molar-refractivity contribution in [3.8, 4) is 0 Å². The number of sulfone groups is 1. The number of hydrogen-bond donors (Lipinski definition) is 0. The maximum Gasteiger partial charge on any atom is 0.235 e. The lowest BCUT2D eigenvalue weighted by atomic mass is 9.81. The lowest BCUT2D eigenvalue weighted by Gasteiger charge is -2.16. The van der Waals surface area contributed by atoms with Crippen LogP contribution in [0.2, 0.25) is 0 Å². The fourth-order valence-electron chi connectivity index (χ4n) is 3.25. The van der Waals surface area contributed by atoms with E-state index >= 15 is 0 Å². The summed E-state index contributed by atoms with van der Waals surface area (Å²) in [6.45, 7) is -0.0249. The molecule has 0 aromatic carbocycles. The third kappa shape index (κ3) is 1.68. The quantitative estimate of drug-likeness (QED) is 0.628. The largest absolute Gasteiger partial charge is 0.373 e. The van der Waals surface area contributed by atoms with Crippen molar-refractivity contribution in [2.45, 2.75) is 25.0 Å². The lowest BCUT2D eigenvalue weighted by molar-refractivity contribution is -0.142. The molecule has 3 heterocycles. The van der Waals surface area contributed by atoms with E-state index in [1.165, 1.54) is 0 Å². The number of ether oxygens (including phenoxy) is 1. The zero-order valence-corrected chi connectivity index (χ0v) is 10.9. The molecule has 0 aliphatic carbocycles. The van der Waals surface area contributed by atoms with Crippen LogP contribution in [0.15, 0.2) is 0 Å². The van der Waals surface area contributed by atoms with E-state index < -0.39 is 9.84 Å². The standard InChI is InChI=1S/C11H15NO5S/c1-18(15,16)5-4-12-10(13)8-6-2-3-7(17-6)9(8)11(12)14/h6-9H,2-5H2,1H3/t6-,7-,8-,9-/m0/s1. The molecular formula is C11H15NO5S. The molecule has 0 spiro atoms. The molecule has 0 N–H and O–H groups in total. The van der Waals surface area contributed by atoms with E-state index in [4.69, 9.17) is 4.74 Å². The van der Waals surface area contributed by atoms with E-state index in [0.717, 1.165) is 24.0 Å². The molecule has 3 aliphatic rings. The number of fused-ring (bicyclic) bond motifs is 5. The van der Waals surface area contributed by atoms with Gasteiger partial charge < -0.3 is 4.74 Å². The summed E-state index contributed by atoms with van der Waals surface area (Å²) in [5.74, 6) is -1.39. The molecule has 0 aromatic rings. The minimum Gasteiger partial charge on any atom is -0.373 e. The van der Waals surface area contributed by atoms with Gasteiger partial charge in [0, 0.05) is 12.8 Å². The van der Waals surface area contributed by atoms with Crippen LogP contribution in [0.1, 0.15) is 12.8 Å². The summed E-state index contributed by atoms with van der Waals surface area (Å²) in [4.78, 5) is 25.4. The zero-order valence-electron chi connectivity index (χ0n) is 10.0. The number of rotatable bonds is 3. The number of hydrogen-bond acceptors (Lipinski definition) is 5. The molecule has 0 unspecified atom stereocenters. The third-order valence-electron chi connectivity index (χ3n) is 4.06. The van der Waals surface area contributed by atoms with Gasteiger partial charge in [-0.05, 0) is 12.8 Å². The van der Waals surface area contributed by atoms with Gasteiger partial charge in [-0.1, -0.05) is 0 Å². The maximum absolute atomic E-state index is 12.1. The van der Waals surface area contributed by atoms with E-state index in [9.17, 15) is 18.0 Å². The molecule has 0 aromatic heterocycles. The number of likely N-dealkylation sites (tertiary alicyclic amines) is 1. The van der Waals surface area contributed by atoms with Gasteiger partial charge in [0.15, 0.2) is 0 Å². The molecule has 0 saturated carbocycles. The van der Waals surface area contributed by atoms with Crippen LogP contribution in [-0.4, -0.2) is 55.9 Å². The third-order valence-corrected chi connectivity index (χ3v) is 4.99. The Morgan fingerprint density at radius 2 is 1.67 bits per heavy atom. The Morgan fingerprint density at radius 1 is 1.17 bits per heavy atom. The summed E-state index contributed by atoms with van der Waals surface area (Å²) in [6.07, 6.45) is 2.47. The van der Waals surface area contributed by atoms with Gasteiger partial charge in [-0.25, -0.2) is 8.42 Å². The Hall–Kier alpha value is -0.950. The molecule has 2 bridgehead atoms. The Labute approximate surface area is 105 Å². The summed E-state index contributed by atoms with van der Waals surface area (Å²) in [6, 6.07) is 0. The molecule has 3 saturated heterocycles. The highest BCUT2D eigenvalue weighted by Crippen LogP contribution is 2.48. The van der Waals surface area contributed by atoms with Gasteiger partial charge in [-0.3, -0.25) is 14.5 Å². The number of carbonyl (C=O) groups excluding carboxylic acids is 2. The van der Waals surface area contributed by atoms with E-state index in [1.54, 1.807) is 0 Å². The average molecular weight is 273 g/mol. The molecule has 2 amide bonds. The van der Waals surface area contributed by atoms with Gasteiger partial charge in [0.1, 0.15) is 9.84 Å². The van der Waals surface area contributed by atoms with Crippen molar-refractivity contribution in [3.63, 3.8) is 0 Å². The summed E-state index contributed by atoms with van der Waals surface area (Å²) in [7, 11) is -3.17. The number of carbonyl (C=O) groups is 2. The van der Waals surface area contributed by atoms with E-state index in [2.05, 4.69) is 0 Å². The fourth-order valence-corrected chi connectivity index (χ4v) is 3.77. The molecule has 4 atom stereocenters. The zero-order chi connectivity index (χ0) is 13.1.